The van der Waals surface area contributed by atoms with Gasteiger partial charge in [-0.15, -0.1) is 0 Å². The molecule has 0 radical (unpaired) electrons. The van der Waals surface area contributed by atoms with Gasteiger partial charge in [0, 0.05) is 0 Å². The molecule has 2 rings (SSSR count). The summed E-state index contributed by atoms with van der Waals surface area (Å²) in [5.41, 5.74) is 3.93. The number of benzene rings is 1. The predicted octanol–water partition coefficient (Wildman–Crippen LogP) is 2.57. The van der Waals surface area contributed by atoms with Gasteiger partial charge in [-0.2, -0.15) is 0 Å². The van der Waals surface area contributed by atoms with Crippen LogP contribution in [0.4, 0.5) is 0 Å². The van der Waals surface area contributed by atoms with Crippen molar-refractivity contribution in [1.29, 1.82) is 0 Å². The van der Waals surface area contributed by atoms with Crippen molar-refractivity contribution < 1.29 is 9.90 Å². The number of fused-ring (bicyclic) bond motifs is 1. The molecule has 1 aliphatic carbocycles. The average Bonchev–Trinajstić information content (AvgIpc) is 2.16. The third-order valence-corrected chi connectivity index (χ3v) is 2.92. The summed E-state index contributed by atoms with van der Waals surface area (Å²) in [5.74, 6) is -0.809. The fourth-order valence-electron chi connectivity index (χ4n) is 2.14. The number of carbonyl (C=O) groups is 1. The smallest absolute Gasteiger partial charge is 0.335 e. The highest BCUT2D eigenvalue weighted by atomic mass is 16.4. The van der Waals surface area contributed by atoms with E-state index in [1.807, 2.05) is 19.1 Å². The van der Waals surface area contributed by atoms with Crippen molar-refractivity contribution in [2.45, 2.75) is 32.6 Å². The highest BCUT2D eigenvalue weighted by Gasteiger charge is 2.14. The second-order valence-electron chi connectivity index (χ2n) is 3.95. The van der Waals surface area contributed by atoms with Crippen LogP contribution >= 0.6 is 0 Å². The predicted molar refractivity (Wildman–Crippen MR) is 54.8 cm³/mol. The van der Waals surface area contributed by atoms with Crippen LogP contribution in [0, 0.1) is 6.92 Å². The van der Waals surface area contributed by atoms with Crippen molar-refractivity contribution in [2.75, 3.05) is 0 Å². The largest absolute Gasteiger partial charge is 0.478 e. The second-order valence-corrected chi connectivity index (χ2v) is 3.95. The van der Waals surface area contributed by atoms with Gasteiger partial charge >= 0.3 is 5.97 Å². The Bertz CT molecular complexity index is 380. The molecule has 1 N–H and O–H groups in total. The molecule has 0 amide bonds. The third kappa shape index (κ3) is 1.52. The molecule has 0 aromatic heterocycles. The van der Waals surface area contributed by atoms with Gasteiger partial charge in [-0.05, 0) is 55.4 Å². The van der Waals surface area contributed by atoms with E-state index in [0.717, 1.165) is 18.4 Å². The van der Waals surface area contributed by atoms with Gasteiger partial charge in [0.15, 0.2) is 0 Å². The number of rotatable bonds is 1. The Morgan fingerprint density at radius 1 is 1.21 bits per heavy atom. The molecule has 0 atom stereocenters. The topological polar surface area (TPSA) is 37.3 Å². The van der Waals surface area contributed by atoms with Gasteiger partial charge in [-0.3, -0.25) is 0 Å². The molecule has 2 nitrogen and oxygen atoms in total. The lowest BCUT2D eigenvalue weighted by Gasteiger charge is -2.17. The summed E-state index contributed by atoms with van der Waals surface area (Å²) < 4.78 is 0. The van der Waals surface area contributed by atoms with Crippen LogP contribution in [-0.2, 0) is 12.8 Å². The monoisotopic (exact) mass is 190 g/mol. The SMILES string of the molecule is Cc1cc2c(cc1C(=O)O)CCCC2. The molecule has 0 saturated heterocycles. The Morgan fingerprint density at radius 3 is 2.36 bits per heavy atom. The molecule has 1 aliphatic rings. The van der Waals surface area contributed by atoms with Gasteiger partial charge in [0.05, 0.1) is 5.56 Å². The standard InChI is InChI=1S/C12H14O2/c1-8-6-9-4-2-3-5-10(9)7-11(8)12(13)14/h6-7H,2-5H2,1H3,(H,13,14). The minimum Gasteiger partial charge on any atom is -0.478 e. The first-order valence-corrected chi connectivity index (χ1v) is 5.04. The number of carboxylic acid groups (broad SMARTS) is 1. The van der Waals surface area contributed by atoms with E-state index in [0.29, 0.717) is 5.56 Å². The summed E-state index contributed by atoms with van der Waals surface area (Å²) in [5, 5.41) is 8.97. The maximum atomic E-state index is 10.9. The summed E-state index contributed by atoms with van der Waals surface area (Å²) >= 11 is 0. The van der Waals surface area contributed by atoms with Gasteiger partial charge in [0.1, 0.15) is 0 Å². The van der Waals surface area contributed by atoms with E-state index in [4.69, 9.17) is 5.11 Å². The van der Waals surface area contributed by atoms with Crippen molar-refractivity contribution in [1.82, 2.24) is 0 Å². The van der Waals surface area contributed by atoms with Crippen LogP contribution < -0.4 is 0 Å². The highest BCUT2D eigenvalue weighted by Crippen LogP contribution is 2.24. The van der Waals surface area contributed by atoms with Crippen LogP contribution in [0.2, 0.25) is 0 Å². The summed E-state index contributed by atoms with van der Waals surface area (Å²) in [6.45, 7) is 1.87. The molecule has 1 aromatic carbocycles. The van der Waals surface area contributed by atoms with Gasteiger partial charge in [0.25, 0.3) is 0 Å². The lowest BCUT2D eigenvalue weighted by Crippen LogP contribution is -2.07. The quantitative estimate of drug-likeness (QED) is 0.739. The lowest BCUT2D eigenvalue weighted by molar-refractivity contribution is 0.0696. The van der Waals surface area contributed by atoms with E-state index in [1.165, 1.54) is 24.0 Å². The van der Waals surface area contributed by atoms with E-state index >= 15 is 0 Å². The maximum absolute atomic E-state index is 10.9. The van der Waals surface area contributed by atoms with E-state index in [2.05, 4.69) is 0 Å². The van der Waals surface area contributed by atoms with Crippen LogP contribution in [0.3, 0.4) is 0 Å². The number of aryl methyl sites for hydroxylation is 3. The molecular formula is C12H14O2. The molecule has 0 saturated carbocycles. The molecule has 0 aliphatic heterocycles. The summed E-state index contributed by atoms with van der Waals surface area (Å²) in [6.07, 6.45) is 4.57. The minimum absolute atomic E-state index is 0.464. The van der Waals surface area contributed by atoms with Crippen LogP contribution in [0.1, 0.15) is 39.9 Å². The number of hydrogen-bond acceptors (Lipinski definition) is 1. The zero-order valence-corrected chi connectivity index (χ0v) is 8.34. The van der Waals surface area contributed by atoms with E-state index < -0.39 is 5.97 Å². The molecular weight excluding hydrogens is 176 g/mol. The van der Waals surface area contributed by atoms with Crippen LogP contribution in [-0.4, -0.2) is 11.1 Å². The first-order valence-electron chi connectivity index (χ1n) is 5.04. The Hall–Kier alpha value is -1.31. The van der Waals surface area contributed by atoms with E-state index in [1.54, 1.807) is 0 Å². The Labute approximate surface area is 83.6 Å². The summed E-state index contributed by atoms with van der Waals surface area (Å²) in [7, 11) is 0. The van der Waals surface area contributed by atoms with Crippen molar-refractivity contribution >= 4 is 5.97 Å². The molecule has 14 heavy (non-hydrogen) atoms. The molecule has 0 spiro atoms. The van der Waals surface area contributed by atoms with Crippen LogP contribution in [0.5, 0.6) is 0 Å². The van der Waals surface area contributed by atoms with Gasteiger partial charge in [-0.1, -0.05) is 6.07 Å². The number of hydrogen-bond donors (Lipinski definition) is 1. The van der Waals surface area contributed by atoms with E-state index in [-0.39, 0.29) is 0 Å². The number of carboxylic acids is 1. The molecule has 0 bridgehead atoms. The van der Waals surface area contributed by atoms with Crippen LogP contribution in [0.25, 0.3) is 0 Å². The molecule has 0 unspecified atom stereocenters. The number of aromatic carboxylic acids is 1. The molecule has 1 aromatic rings. The minimum atomic E-state index is -0.809. The first-order chi connectivity index (χ1) is 6.68. The zero-order chi connectivity index (χ0) is 10.1. The summed E-state index contributed by atoms with van der Waals surface area (Å²) in [4.78, 5) is 10.9. The molecule has 74 valence electrons. The van der Waals surface area contributed by atoms with Crippen LogP contribution in [0.15, 0.2) is 12.1 Å². The normalized spacial score (nSPS) is 14.9. The second kappa shape index (κ2) is 3.45. The average molecular weight is 190 g/mol. The van der Waals surface area contributed by atoms with Gasteiger partial charge in [-0.25, -0.2) is 4.79 Å². The fraction of sp³-hybridized carbons (Fsp3) is 0.417. The van der Waals surface area contributed by atoms with Crippen molar-refractivity contribution in [2.24, 2.45) is 0 Å². The Balaban J connectivity index is 2.50. The molecule has 0 heterocycles. The maximum Gasteiger partial charge on any atom is 0.335 e. The van der Waals surface area contributed by atoms with Gasteiger partial charge in [0.2, 0.25) is 0 Å². The summed E-state index contributed by atoms with van der Waals surface area (Å²) in [6, 6.07) is 3.89. The fourth-order valence-corrected chi connectivity index (χ4v) is 2.14. The van der Waals surface area contributed by atoms with Crippen molar-refractivity contribution in [3.63, 3.8) is 0 Å². The lowest BCUT2D eigenvalue weighted by atomic mass is 9.88. The van der Waals surface area contributed by atoms with E-state index in [9.17, 15) is 4.79 Å². The van der Waals surface area contributed by atoms with Crippen molar-refractivity contribution in [3.05, 3.63) is 34.4 Å². The third-order valence-electron chi connectivity index (χ3n) is 2.92. The molecule has 2 heteroatoms. The zero-order valence-electron chi connectivity index (χ0n) is 8.34. The highest BCUT2D eigenvalue weighted by molar-refractivity contribution is 5.89. The van der Waals surface area contributed by atoms with Gasteiger partial charge < -0.3 is 5.11 Å². The van der Waals surface area contributed by atoms with Crippen molar-refractivity contribution in [3.8, 4) is 0 Å². The molecule has 0 fully saturated rings. The Kier molecular flexibility index (Phi) is 2.28. The first kappa shape index (κ1) is 9.25. The Morgan fingerprint density at radius 2 is 1.79 bits per heavy atom.